The molecular formula is C15H21N3O4. The lowest BCUT2D eigenvalue weighted by atomic mass is 9.91. The molecule has 1 fully saturated rings. The first-order valence-electron chi connectivity index (χ1n) is 7.27. The van der Waals surface area contributed by atoms with Crippen LogP contribution in [0.2, 0.25) is 0 Å². The van der Waals surface area contributed by atoms with E-state index < -0.39 is 10.5 Å². The fraction of sp³-hybridized carbons (Fsp3) is 0.533. The maximum Gasteiger partial charge on any atom is 0.272 e. The number of nitrogens with one attached hydrogen (secondary N) is 2. The lowest BCUT2D eigenvalue weighted by Gasteiger charge is -2.34. The second-order valence-electron chi connectivity index (χ2n) is 5.45. The number of piperidine rings is 1. The van der Waals surface area contributed by atoms with E-state index in [2.05, 4.69) is 10.6 Å². The van der Waals surface area contributed by atoms with Gasteiger partial charge in [0.2, 0.25) is 0 Å². The van der Waals surface area contributed by atoms with Gasteiger partial charge in [-0.2, -0.15) is 0 Å². The van der Waals surface area contributed by atoms with E-state index in [4.69, 9.17) is 4.74 Å². The highest BCUT2D eigenvalue weighted by Crippen LogP contribution is 2.24. The summed E-state index contributed by atoms with van der Waals surface area (Å²) in [5.74, 6) is -0.164. The van der Waals surface area contributed by atoms with Crippen molar-refractivity contribution < 1.29 is 14.5 Å². The molecule has 2 rings (SSSR count). The van der Waals surface area contributed by atoms with Crippen LogP contribution in [0.3, 0.4) is 0 Å². The Morgan fingerprint density at radius 2 is 2.14 bits per heavy atom. The van der Waals surface area contributed by atoms with Crippen LogP contribution >= 0.6 is 0 Å². The van der Waals surface area contributed by atoms with Crippen LogP contribution in [0.4, 0.5) is 5.69 Å². The van der Waals surface area contributed by atoms with Gasteiger partial charge in [0.1, 0.15) is 5.60 Å². The Hall–Kier alpha value is -1.99. The average molecular weight is 307 g/mol. The number of hydrogen-bond donors (Lipinski definition) is 2. The van der Waals surface area contributed by atoms with Crippen molar-refractivity contribution in [1.82, 2.24) is 10.6 Å². The van der Waals surface area contributed by atoms with Gasteiger partial charge in [-0.1, -0.05) is 12.1 Å². The minimum absolute atomic E-state index is 0.0649. The van der Waals surface area contributed by atoms with Crippen molar-refractivity contribution in [2.24, 2.45) is 0 Å². The summed E-state index contributed by atoms with van der Waals surface area (Å²) in [7, 11) is 1.55. The Labute approximate surface area is 129 Å². The first kappa shape index (κ1) is 16.4. The van der Waals surface area contributed by atoms with Crippen molar-refractivity contribution in [2.45, 2.75) is 31.9 Å². The number of ether oxygens (including phenoxy) is 1. The van der Waals surface area contributed by atoms with E-state index in [-0.39, 0.29) is 18.1 Å². The van der Waals surface area contributed by atoms with Crippen LogP contribution in [0.25, 0.3) is 0 Å². The van der Waals surface area contributed by atoms with E-state index in [0.29, 0.717) is 18.4 Å². The first-order valence-corrected chi connectivity index (χ1v) is 7.27. The molecule has 0 aliphatic carbocycles. The average Bonchev–Trinajstić information content (AvgIpc) is 2.53. The SMILES string of the molecule is COC1(C(=O)NCc2cccc([N+](=O)[O-])c2C)CCNCC1. The van der Waals surface area contributed by atoms with Crippen molar-refractivity contribution in [2.75, 3.05) is 20.2 Å². The number of hydrogen-bond acceptors (Lipinski definition) is 5. The molecule has 0 spiro atoms. The monoisotopic (exact) mass is 307 g/mol. The number of amides is 1. The minimum atomic E-state index is -0.806. The molecule has 2 N–H and O–H groups in total. The molecule has 1 aromatic carbocycles. The third-order valence-electron chi connectivity index (χ3n) is 4.27. The smallest absolute Gasteiger partial charge is 0.272 e. The zero-order valence-electron chi connectivity index (χ0n) is 12.8. The van der Waals surface area contributed by atoms with Crippen molar-refractivity contribution in [3.63, 3.8) is 0 Å². The summed E-state index contributed by atoms with van der Waals surface area (Å²) in [6.45, 7) is 3.41. The zero-order chi connectivity index (χ0) is 16.2. The first-order chi connectivity index (χ1) is 10.5. The molecule has 120 valence electrons. The molecule has 1 amide bonds. The van der Waals surface area contributed by atoms with Crippen molar-refractivity contribution >= 4 is 11.6 Å². The number of rotatable bonds is 5. The van der Waals surface area contributed by atoms with Gasteiger partial charge in [-0.05, 0) is 38.4 Å². The van der Waals surface area contributed by atoms with Gasteiger partial charge in [0.25, 0.3) is 11.6 Å². The van der Waals surface area contributed by atoms with Gasteiger partial charge in [-0.15, -0.1) is 0 Å². The standard InChI is InChI=1S/C15H21N3O4/c1-11-12(4-3-5-13(11)18(20)21)10-17-14(19)15(22-2)6-8-16-9-7-15/h3-5,16H,6-10H2,1-2H3,(H,17,19). The maximum absolute atomic E-state index is 12.5. The second-order valence-corrected chi connectivity index (χ2v) is 5.45. The molecule has 1 heterocycles. The summed E-state index contributed by atoms with van der Waals surface area (Å²) in [4.78, 5) is 23.0. The number of methoxy groups -OCH3 is 1. The number of nitrogens with zero attached hydrogens (tertiary/aromatic N) is 1. The van der Waals surface area contributed by atoms with Gasteiger partial charge >= 0.3 is 0 Å². The summed E-state index contributed by atoms with van der Waals surface area (Å²) in [6.07, 6.45) is 1.23. The number of carbonyl (C=O) groups is 1. The minimum Gasteiger partial charge on any atom is -0.368 e. The van der Waals surface area contributed by atoms with E-state index in [1.165, 1.54) is 6.07 Å². The molecule has 22 heavy (non-hydrogen) atoms. The molecule has 7 heteroatoms. The summed E-state index contributed by atoms with van der Waals surface area (Å²) >= 11 is 0. The second kappa shape index (κ2) is 6.85. The lowest BCUT2D eigenvalue weighted by Crippen LogP contribution is -2.53. The predicted molar refractivity (Wildman–Crippen MR) is 81.5 cm³/mol. The van der Waals surface area contributed by atoms with Crippen LogP contribution in [0.5, 0.6) is 0 Å². The Kier molecular flexibility index (Phi) is 5.10. The Morgan fingerprint density at radius 1 is 1.45 bits per heavy atom. The van der Waals surface area contributed by atoms with Crippen molar-refractivity contribution in [3.8, 4) is 0 Å². The van der Waals surface area contributed by atoms with Gasteiger partial charge in [0.05, 0.1) is 4.92 Å². The molecule has 0 bridgehead atoms. The summed E-state index contributed by atoms with van der Waals surface area (Å²) in [5.41, 5.74) is 0.572. The molecule has 0 aromatic heterocycles. The molecule has 1 aliphatic heterocycles. The Balaban J connectivity index is 2.08. The Morgan fingerprint density at radius 3 is 2.73 bits per heavy atom. The molecular weight excluding hydrogens is 286 g/mol. The van der Waals surface area contributed by atoms with Crippen LogP contribution in [-0.2, 0) is 16.1 Å². The van der Waals surface area contributed by atoms with Gasteiger partial charge in [-0.25, -0.2) is 0 Å². The number of nitro benzene ring substituents is 1. The molecule has 7 nitrogen and oxygen atoms in total. The molecule has 0 unspecified atom stereocenters. The maximum atomic E-state index is 12.5. The van der Waals surface area contributed by atoms with Crippen LogP contribution in [-0.4, -0.2) is 36.6 Å². The van der Waals surface area contributed by atoms with Crippen molar-refractivity contribution in [1.29, 1.82) is 0 Å². The Bertz CT molecular complexity index is 568. The molecule has 1 aliphatic rings. The van der Waals surface area contributed by atoms with Gasteiger partial charge < -0.3 is 15.4 Å². The van der Waals surface area contributed by atoms with Crippen LogP contribution in [0.1, 0.15) is 24.0 Å². The van der Waals surface area contributed by atoms with Gasteiger partial charge in [-0.3, -0.25) is 14.9 Å². The van der Waals surface area contributed by atoms with E-state index >= 15 is 0 Å². The molecule has 1 aromatic rings. The largest absolute Gasteiger partial charge is 0.368 e. The highest BCUT2D eigenvalue weighted by atomic mass is 16.6. The third-order valence-corrected chi connectivity index (χ3v) is 4.27. The van der Waals surface area contributed by atoms with E-state index in [0.717, 1.165) is 18.7 Å². The lowest BCUT2D eigenvalue weighted by molar-refractivity contribution is -0.385. The van der Waals surface area contributed by atoms with Crippen LogP contribution < -0.4 is 10.6 Å². The fourth-order valence-corrected chi connectivity index (χ4v) is 2.75. The number of benzene rings is 1. The summed E-state index contributed by atoms with van der Waals surface area (Å²) in [6, 6.07) is 4.87. The van der Waals surface area contributed by atoms with E-state index in [9.17, 15) is 14.9 Å². The predicted octanol–water partition coefficient (Wildman–Crippen LogP) is 1.29. The summed E-state index contributed by atoms with van der Waals surface area (Å²) < 4.78 is 5.46. The molecule has 0 radical (unpaired) electrons. The summed E-state index contributed by atoms with van der Waals surface area (Å²) in [5, 5.41) is 17.0. The molecule has 1 saturated heterocycles. The highest BCUT2D eigenvalue weighted by Gasteiger charge is 2.39. The molecule has 0 saturated carbocycles. The molecule has 0 atom stereocenters. The fourth-order valence-electron chi connectivity index (χ4n) is 2.75. The normalized spacial score (nSPS) is 17.0. The number of nitro groups is 1. The van der Waals surface area contributed by atoms with E-state index in [1.807, 2.05) is 0 Å². The topological polar surface area (TPSA) is 93.5 Å². The van der Waals surface area contributed by atoms with Gasteiger partial charge in [0, 0.05) is 25.3 Å². The quantitative estimate of drug-likeness (QED) is 0.631. The van der Waals surface area contributed by atoms with E-state index in [1.54, 1.807) is 26.2 Å². The van der Waals surface area contributed by atoms with Crippen LogP contribution in [0, 0.1) is 17.0 Å². The van der Waals surface area contributed by atoms with Gasteiger partial charge in [0.15, 0.2) is 0 Å². The zero-order valence-corrected chi connectivity index (χ0v) is 12.8. The number of carbonyl (C=O) groups excluding carboxylic acids is 1. The van der Waals surface area contributed by atoms with Crippen molar-refractivity contribution in [3.05, 3.63) is 39.4 Å². The van der Waals surface area contributed by atoms with Crippen LogP contribution in [0.15, 0.2) is 18.2 Å². The third kappa shape index (κ3) is 3.26. The highest BCUT2D eigenvalue weighted by molar-refractivity contribution is 5.85.